The zero-order chi connectivity index (χ0) is 22.9. The normalized spacial score (nSPS) is 10.6. The van der Waals surface area contributed by atoms with Crippen LogP contribution >= 0.6 is 23.4 Å². The number of nitrogens with zero attached hydrogens (tertiary/aromatic N) is 3. The Balaban J connectivity index is 1.64. The van der Waals surface area contributed by atoms with E-state index in [9.17, 15) is 4.79 Å². The number of thioether (sulfide) groups is 1. The summed E-state index contributed by atoms with van der Waals surface area (Å²) in [4.78, 5) is 12.3. The van der Waals surface area contributed by atoms with E-state index in [4.69, 9.17) is 21.1 Å². The quantitative estimate of drug-likeness (QED) is 0.307. The van der Waals surface area contributed by atoms with Gasteiger partial charge in [-0.1, -0.05) is 35.5 Å². The van der Waals surface area contributed by atoms with Crippen LogP contribution in [0, 0.1) is 6.92 Å². The number of carbonyl (C=O) groups excluding carboxylic acids is 1. The van der Waals surface area contributed by atoms with Gasteiger partial charge in [0.05, 0.1) is 12.4 Å². The maximum atomic E-state index is 12.3. The number of ether oxygens (including phenoxy) is 2. The average molecular weight is 473 g/mol. The van der Waals surface area contributed by atoms with E-state index in [1.165, 1.54) is 11.8 Å². The monoisotopic (exact) mass is 472 g/mol. The molecule has 0 aliphatic rings. The lowest BCUT2D eigenvalue weighted by Crippen LogP contribution is -2.15. The van der Waals surface area contributed by atoms with Crippen LogP contribution in [-0.2, 0) is 17.9 Å². The summed E-state index contributed by atoms with van der Waals surface area (Å²) in [5.74, 6) is 2.00. The number of halogens is 1. The highest BCUT2D eigenvalue weighted by Crippen LogP contribution is 2.29. The van der Waals surface area contributed by atoms with Crippen molar-refractivity contribution in [1.29, 1.82) is 0 Å². The van der Waals surface area contributed by atoms with Crippen molar-refractivity contribution in [2.75, 3.05) is 17.7 Å². The summed E-state index contributed by atoms with van der Waals surface area (Å²) in [6, 6.07) is 12.7. The Bertz CT molecular complexity index is 1070. The maximum Gasteiger partial charge on any atom is 0.234 e. The zero-order valence-corrected chi connectivity index (χ0v) is 19.6. The van der Waals surface area contributed by atoms with Crippen LogP contribution < -0.4 is 14.8 Å². The van der Waals surface area contributed by atoms with Crippen LogP contribution in [0.15, 0.2) is 60.3 Å². The second-order valence-electron chi connectivity index (χ2n) is 6.81. The van der Waals surface area contributed by atoms with E-state index in [0.29, 0.717) is 46.3 Å². The topological polar surface area (TPSA) is 78.3 Å². The van der Waals surface area contributed by atoms with Crippen molar-refractivity contribution in [3.05, 3.63) is 71.5 Å². The zero-order valence-electron chi connectivity index (χ0n) is 18.0. The van der Waals surface area contributed by atoms with Crippen molar-refractivity contribution >= 4 is 35.0 Å². The van der Waals surface area contributed by atoms with Gasteiger partial charge in [-0.25, -0.2) is 0 Å². The highest BCUT2D eigenvalue weighted by atomic mass is 35.5. The molecular weight excluding hydrogens is 448 g/mol. The molecule has 0 atom stereocenters. The predicted molar refractivity (Wildman–Crippen MR) is 128 cm³/mol. The minimum absolute atomic E-state index is 0.149. The number of aryl methyl sites for hydroxylation is 1. The Kier molecular flexibility index (Phi) is 8.58. The van der Waals surface area contributed by atoms with Gasteiger partial charge in [0.2, 0.25) is 5.91 Å². The SMILES string of the molecule is C=CCn1c(COc2ccc(C)cc2OCC)nnc1SCC(=O)Nc1ccc(Cl)cc1. The third-order valence-corrected chi connectivity index (χ3v) is 5.54. The largest absolute Gasteiger partial charge is 0.490 e. The fourth-order valence-electron chi connectivity index (χ4n) is 2.85. The molecule has 3 aromatic rings. The summed E-state index contributed by atoms with van der Waals surface area (Å²) >= 11 is 7.17. The van der Waals surface area contributed by atoms with Gasteiger partial charge < -0.3 is 14.8 Å². The molecule has 0 radical (unpaired) electrons. The van der Waals surface area contributed by atoms with Gasteiger partial charge in [0.15, 0.2) is 22.5 Å². The number of carbonyl (C=O) groups is 1. The molecule has 0 spiro atoms. The first-order chi connectivity index (χ1) is 15.5. The van der Waals surface area contributed by atoms with E-state index >= 15 is 0 Å². The van der Waals surface area contributed by atoms with Crippen molar-refractivity contribution < 1.29 is 14.3 Å². The molecule has 32 heavy (non-hydrogen) atoms. The summed E-state index contributed by atoms with van der Waals surface area (Å²) in [5, 5.41) is 12.5. The third kappa shape index (κ3) is 6.51. The van der Waals surface area contributed by atoms with Gasteiger partial charge >= 0.3 is 0 Å². The van der Waals surface area contributed by atoms with Gasteiger partial charge in [0, 0.05) is 17.3 Å². The molecule has 0 bridgehead atoms. The number of benzene rings is 2. The number of amides is 1. The first kappa shape index (κ1) is 23.7. The van der Waals surface area contributed by atoms with Gasteiger partial charge in [0.25, 0.3) is 0 Å². The van der Waals surface area contributed by atoms with Gasteiger partial charge in [0.1, 0.15) is 6.61 Å². The van der Waals surface area contributed by atoms with Crippen molar-refractivity contribution in [3.63, 3.8) is 0 Å². The molecule has 0 unspecified atom stereocenters. The van der Waals surface area contributed by atoms with Gasteiger partial charge in [-0.3, -0.25) is 9.36 Å². The summed E-state index contributed by atoms with van der Waals surface area (Å²) in [5.41, 5.74) is 1.77. The number of aromatic nitrogens is 3. The van der Waals surface area contributed by atoms with Crippen LogP contribution in [0.25, 0.3) is 0 Å². The minimum atomic E-state index is -0.149. The molecule has 9 heteroatoms. The second kappa shape index (κ2) is 11.6. The van der Waals surface area contributed by atoms with E-state index in [0.717, 1.165) is 5.56 Å². The molecule has 168 valence electrons. The van der Waals surface area contributed by atoms with Crippen LogP contribution in [-0.4, -0.2) is 33.0 Å². The minimum Gasteiger partial charge on any atom is -0.490 e. The van der Waals surface area contributed by atoms with Crippen molar-refractivity contribution in [1.82, 2.24) is 14.8 Å². The Hall–Kier alpha value is -2.97. The number of rotatable bonds is 11. The Morgan fingerprint density at radius 1 is 1.19 bits per heavy atom. The Morgan fingerprint density at radius 3 is 2.69 bits per heavy atom. The molecule has 1 amide bonds. The van der Waals surface area contributed by atoms with Crippen LogP contribution in [0.2, 0.25) is 5.02 Å². The number of allylic oxidation sites excluding steroid dienone is 1. The van der Waals surface area contributed by atoms with E-state index in [-0.39, 0.29) is 18.3 Å². The lowest BCUT2D eigenvalue weighted by atomic mass is 10.2. The Morgan fingerprint density at radius 2 is 1.97 bits per heavy atom. The Labute approximate surface area is 196 Å². The third-order valence-electron chi connectivity index (χ3n) is 4.32. The molecular formula is C23H25ClN4O3S. The smallest absolute Gasteiger partial charge is 0.234 e. The molecule has 0 aliphatic heterocycles. The first-order valence-corrected chi connectivity index (χ1v) is 11.4. The maximum absolute atomic E-state index is 12.3. The van der Waals surface area contributed by atoms with E-state index in [2.05, 4.69) is 22.1 Å². The van der Waals surface area contributed by atoms with E-state index in [1.54, 1.807) is 30.3 Å². The number of anilines is 1. The number of hydrogen-bond donors (Lipinski definition) is 1. The highest BCUT2D eigenvalue weighted by molar-refractivity contribution is 7.99. The molecule has 0 fully saturated rings. The summed E-state index contributed by atoms with van der Waals surface area (Å²) in [6.45, 7) is 8.99. The van der Waals surface area contributed by atoms with Crippen LogP contribution in [0.1, 0.15) is 18.3 Å². The lowest BCUT2D eigenvalue weighted by molar-refractivity contribution is -0.113. The van der Waals surface area contributed by atoms with E-state index < -0.39 is 0 Å². The molecule has 1 heterocycles. The van der Waals surface area contributed by atoms with Gasteiger partial charge in [-0.15, -0.1) is 16.8 Å². The summed E-state index contributed by atoms with van der Waals surface area (Å²) in [6.07, 6.45) is 1.75. The average Bonchev–Trinajstić information content (AvgIpc) is 3.15. The molecule has 0 saturated heterocycles. The van der Waals surface area contributed by atoms with Crippen molar-refractivity contribution in [3.8, 4) is 11.5 Å². The van der Waals surface area contributed by atoms with Crippen LogP contribution in [0.4, 0.5) is 5.69 Å². The van der Waals surface area contributed by atoms with Crippen molar-refractivity contribution in [2.45, 2.75) is 32.2 Å². The van der Waals surface area contributed by atoms with E-state index in [1.807, 2.05) is 36.6 Å². The molecule has 2 aromatic carbocycles. The lowest BCUT2D eigenvalue weighted by Gasteiger charge is -2.13. The molecule has 1 N–H and O–H groups in total. The fourth-order valence-corrected chi connectivity index (χ4v) is 3.74. The standard InChI is InChI=1S/C23H25ClN4O3S/c1-4-12-28-21(14-31-19-11-6-16(3)13-20(19)30-5-2)26-27-23(28)32-15-22(29)25-18-9-7-17(24)8-10-18/h4,6-11,13H,1,5,12,14-15H2,2-3H3,(H,25,29). The molecule has 1 aromatic heterocycles. The van der Waals surface area contributed by atoms with Crippen LogP contribution in [0.3, 0.4) is 0 Å². The van der Waals surface area contributed by atoms with Gasteiger partial charge in [-0.2, -0.15) is 0 Å². The summed E-state index contributed by atoms with van der Waals surface area (Å²) in [7, 11) is 0. The fraction of sp³-hybridized carbons (Fsp3) is 0.261. The molecule has 3 rings (SSSR count). The van der Waals surface area contributed by atoms with Crippen LogP contribution in [0.5, 0.6) is 11.5 Å². The molecule has 0 aliphatic carbocycles. The second-order valence-corrected chi connectivity index (χ2v) is 8.19. The molecule has 7 nitrogen and oxygen atoms in total. The predicted octanol–water partition coefficient (Wildman–Crippen LogP) is 5.13. The van der Waals surface area contributed by atoms with Crippen molar-refractivity contribution in [2.24, 2.45) is 0 Å². The first-order valence-electron chi connectivity index (χ1n) is 10.1. The number of hydrogen-bond acceptors (Lipinski definition) is 6. The van der Waals surface area contributed by atoms with Gasteiger partial charge in [-0.05, 0) is 55.8 Å². The highest BCUT2D eigenvalue weighted by Gasteiger charge is 2.15. The number of nitrogens with one attached hydrogen (secondary N) is 1. The molecule has 0 saturated carbocycles. The summed E-state index contributed by atoms with van der Waals surface area (Å²) < 4.78 is 13.5.